The Hall–Kier alpha value is -1.20. The molecule has 0 unspecified atom stereocenters. The van der Waals surface area contributed by atoms with Crippen LogP contribution in [0.4, 0.5) is 4.39 Å². The number of rotatable bonds is 4. The van der Waals surface area contributed by atoms with Gasteiger partial charge in [-0.2, -0.15) is 5.10 Å². The number of H-pyrrole nitrogens is 1. The number of aromatic amines is 1. The zero-order valence-corrected chi connectivity index (χ0v) is 10.1. The fraction of sp³-hybridized carbons (Fsp3) is 0.182. The van der Waals surface area contributed by atoms with Crippen LogP contribution in [0.2, 0.25) is 0 Å². The van der Waals surface area contributed by atoms with E-state index in [1.54, 1.807) is 18.3 Å². The summed E-state index contributed by atoms with van der Waals surface area (Å²) in [7, 11) is 0. The van der Waals surface area contributed by atoms with Gasteiger partial charge in [0.25, 0.3) is 0 Å². The van der Waals surface area contributed by atoms with E-state index in [0.717, 1.165) is 17.8 Å². The summed E-state index contributed by atoms with van der Waals surface area (Å²) in [5.74, 6) is -0.239. The van der Waals surface area contributed by atoms with Crippen molar-refractivity contribution in [1.82, 2.24) is 15.5 Å². The average molecular weight is 284 g/mol. The second-order valence-electron chi connectivity index (χ2n) is 3.43. The largest absolute Gasteiger partial charge is 0.307 e. The van der Waals surface area contributed by atoms with Gasteiger partial charge in [-0.3, -0.25) is 5.10 Å². The second kappa shape index (κ2) is 5.23. The Kier molecular flexibility index (Phi) is 3.69. The first kappa shape index (κ1) is 11.3. The Labute approximate surface area is 101 Å². The Morgan fingerprint density at radius 1 is 1.31 bits per heavy atom. The highest BCUT2D eigenvalue weighted by atomic mass is 79.9. The highest BCUT2D eigenvalue weighted by Crippen LogP contribution is 2.16. The summed E-state index contributed by atoms with van der Waals surface area (Å²) >= 11 is 3.16. The van der Waals surface area contributed by atoms with Crippen molar-refractivity contribution in [2.24, 2.45) is 0 Å². The molecule has 0 bridgehead atoms. The van der Waals surface area contributed by atoms with Crippen LogP contribution in [0.15, 0.2) is 34.9 Å². The van der Waals surface area contributed by atoms with Crippen molar-refractivity contribution in [2.45, 2.75) is 13.1 Å². The molecule has 1 heterocycles. The molecule has 0 aliphatic heterocycles. The lowest BCUT2D eigenvalue weighted by molar-refractivity contribution is 0.617. The summed E-state index contributed by atoms with van der Waals surface area (Å²) < 4.78 is 13.5. The molecule has 0 fully saturated rings. The molecule has 3 nitrogen and oxygen atoms in total. The minimum atomic E-state index is -0.239. The number of nitrogens with one attached hydrogen (secondary N) is 2. The molecule has 84 valence electrons. The van der Waals surface area contributed by atoms with Gasteiger partial charge in [0.05, 0.1) is 4.47 Å². The maximum absolute atomic E-state index is 13.0. The Morgan fingerprint density at radius 3 is 2.88 bits per heavy atom. The van der Waals surface area contributed by atoms with E-state index >= 15 is 0 Å². The van der Waals surface area contributed by atoms with Crippen molar-refractivity contribution < 1.29 is 4.39 Å². The first-order chi connectivity index (χ1) is 7.75. The monoisotopic (exact) mass is 283 g/mol. The molecule has 2 N–H and O–H groups in total. The molecule has 16 heavy (non-hydrogen) atoms. The van der Waals surface area contributed by atoms with E-state index in [1.165, 1.54) is 6.07 Å². The predicted octanol–water partition coefficient (Wildman–Crippen LogP) is 2.60. The van der Waals surface area contributed by atoms with Gasteiger partial charge in [0.1, 0.15) is 5.82 Å². The third kappa shape index (κ3) is 2.90. The molecule has 0 aliphatic carbocycles. The molecule has 0 radical (unpaired) electrons. The molecule has 1 aromatic carbocycles. The Balaban J connectivity index is 1.87. The minimum Gasteiger partial charge on any atom is -0.307 e. The third-order valence-electron chi connectivity index (χ3n) is 2.19. The van der Waals surface area contributed by atoms with E-state index in [0.29, 0.717) is 11.0 Å². The van der Waals surface area contributed by atoms with Crippen LogP contribution in [0, 0.1) is 5.82 Å². The lowest BCUT2D eigenvalue weighted by Gasteiger charge is -2.04. The highest BCUT2D eigenvalue weighted by molar-refractivity contribution is 9.10. The smallest absolute Gasteiger partial charge is 0.137 e. The van der Waals surface area contributed by atoms with Crippen LogP contribution >= 0.6 is 15.9 Å². The maximum atomic E-state index is 13.0. The van der Waals surface area contributed by atoms with Crippen LogP contribution in [0.1, 0.15) is 11.3 Å². The molecular weight excluding hydrogens is 273 g/mol. The molecule has 0 aliphatic rings. The first-order valence-electron chi connectivity index (χ1n) is 4.88. The van der Waals surface area contributed by atoms with Gasteiger partial charge < -0.3 is 5.32 Å². The van der Waals surface area contributed by atoms with Crippen molar-refractivity contribution in [3.63, 3.8) is 0 Å². The summed E-state index contributed by atoms with van der Waals surface area (Å²) in [6.07, 6.45) is 1.71. The average Bonchev–Trinajstić information content (AvgIpc) is 2.76. The lowest BCUT2D eigenvalue weighted by Crippen LogP contribution is -2.13. The number of hydrogen-bond donors (Lipinski definition) is 2. The van der Waals surface area contributed by atoms with Gasteiger partial charge in [-0.05, 0) is 39.7 Å². The number of aromatic nitrogens is 2. The topological polar surface area (TPSA) is 40.7 Å². The van der Waals surface area contributed by atoms with Gasteiger partial charge in [-0.25, -0.2) is 4.39 Å². The van der Waals surface area contributed by atoms with Crippen molar-refractivity contribution in [2.75, 3.05) is 0 Å². The van der Waals surface area contributed by atoms with Gasteiger partial charge in [0.15, 0.2) is 0 Å². The van der Waals surface area contributed by atoms with Gasteiger partial charge in [-0.1, -0.05) is 6.07 Å². The van der Waals surface area contributed by atoms with Crippen molar-refractivity contribution >= 4 is 15.9 Å². The zero-order valence-electron chi connectivity index (χ0n) is 8.50. The van der Waals surface area contributed by atoms with Gasteiger partial charge in [0.2, 0.25) is 0 Å². The van der Waals surface area contributed by atoms with Gasteiger partial charge in [-0.15, -0.1) is 0 Å². The molecule has 0 atom stereocenters. The van der Waals surface area contributed by atoms with Crippen LogP contribution in [0.25, 0.3) is 0 Å². The summed E-state index contributed by atoms with van der Waals surface area (Å²) in [6, 6.07) is 6.90. The predicted molar refractivity (Wildman–Crippen MR) is 63.2 cm³/mol. The fourth-order valence-corrected chi connectivity index (χ4v) is 1.80. The van der Waals surface area contributed by atoms with Gasteiger partial charge >= 0.3 is 0 Å². The summed E-state index contributed by atoms with van der Waals surface area (Å²) in [6.45, 7) is 1.41. The van der Waals surface area contributed by atoms with Crippen LogP contribution in [0.3, 0.4) is 0 Å². The molecule has 2 aromatic rings. The molecule has 2 rings (SSSR count). The number of hydrogen-bond acceptors (Lipinski definition) is 2. The first-order valence-corrected chi connectivity index (χ1v) is 5.68. The Morgan fingerprint density at radius 2 is 2.19 bits per heavy atom. The van der Waals surface area contributed by atoms with Crippen LogP contribution in [-0.2, 0) is 13.1 Å². The highest BCUT2D eigenvalue weighted by Gasteiger charge is 2.00. The fourth-order valence-electron chi connectivity index (χ4n) is 1.37. The normalized spacial score (nSPS) is 10.6. The second-order valence-corrected chi connectivity index (χ2v) is 4.29. The molecule has 5 heteroatoms. The molecule has 0 spiro atoms. The quantitative estimate of drug-likeness (QED) is 0.906. The molecule has 0 amide bonds. The van der Waals surface area contributed by atoms with Gasteiger partial charge in [0, 0.05) is 25.0 Å². The molecule has 0 saturated carbocycles. The summed E-state index contributed by atoms with van der Waals surface area (Å²) in [5, 5.41) is 9.95. The lowest BCUT2D eigenvalue weighted by atomic mass is 10.2. The number of nitrogens with zero attached hydrogens (tertiary/aromatic N) is 1. The number of halogens is 2. The summed E-state index contributed by atoms with van der Waals surface area (Å²) in [4.78, 5) is 0. The van der Waals surface area contributed by atoms with E-state index in [4.69, 9.17) is 0 Å². The van der Waals surface area contributed by atoms with E-state index in [9.17, 15) is 4.39 Å². The maximum Gasteiger partial charge on any atom is 0.137 e. The Bertz CT molecular complexity index is 456. The van der Waals surface area contributed by atoms with Crippen LogP contribution < -0.4 is 5.32 Å². The van der Waals surface area contributed by atoms with Crippen LogP contribution in [0.5, 0.6) is 0 Å². The molecule has 1 aromatic heterocycles. The molecule has 0 saturated heterocycles. The van der Waals surface area contributed by atoms with Crippen molar-refractivity contribution in [1.29, 1.82) is 0 Å². The van der Waals surface area contributed by atoms with E-state index in [2.05, 4.69) is 31.4 Å². The van der Waals surface area contributed by atoms with E-state index < -0.39 is 0 Å². The number of benzene rings is 1. The standard InChI is InChI=1S/C11H11BrFN3/c12-10-5-8(1-2-11(10)13)6-14-7-9-3-4-15-16-9/h1-5,14H,6-7H2,(H,15,16). The third-order valence-corrected chi connectivity index (χ3v) is 2.79. The zero-order chi connectivity index (χ0) is 11.4. The van der Waals surface area contributed by atoms with E-state index in [-0.39, 0.29) is 5.82 Å². The SMILES string of the molecule is Fc1ccc(CNCc2ccn[nH]2)cc1Br. The van der Waals surface area contributed by atoms with E-state index in [1.807, 2.05) is 6.07 Å². The minimum absolute atomic E-state index is 0.239. The van der Waals surface area contributed by atoms with Crippen molar-refractivity contribution in [3.05, 3.63) is 52.0 Å². The summed E-state index contributed by atoms with van der Waals surface area (Å²) in [5.41, 5.74) is 2.06. The van der Waals surface area contributed by atoms with Crippen LogP contribution in [-0.4, -0.2) is 10.2 Å². The van der Waals surface area contributed by atoms with Crippen molar-refractivity contribution in [3.8, 4) is 0 Å². The molecular formula is C11H11BrFN3.